The van der Waals surface area contributed by atoms with E-state index < -0.39 is 5.41 Å². The van der Waals surface area contributed by atoms with E-state index in [0.717, 1.165) is 41.9 Å². The van der Waals surface area contributed by atoms with Crippen molar-refractivity contribution < 1.29 is 19.1 Å². The van der Waals surface area contributed by atoms with Crippen molar-refractivity contribution in [1.29, 1.82) is 0 Å². The topological polar surface area (TPSA) is 75.7 Å². The molecule has 0 aromatic heterocycles. The zero-order chi connectivity index (χ0) is 17.9. The van der Waals surface area contributed by atoms with Crippen LogP contribution in [0, 0.1) is 5.41 Å². The third-order valence-electron chi connectivity index (χ3n) is 5.25. The Morgan fingerprint density at radius 3 is 2.52 bits per heavy atom. The number of hydrogen-bond acceptors (Lipinski definition) is 4. The molecule has 3 amide bonds. The molecule has 1 saturated heterocycles. The number of hydrogen-bond donors (Lipinski definition) is 1. The molecule has 25 heavy (non-hydrogen) atoms. The second kappa shape index (κ2) is 7.25. The Hall–Kier alpha value is -2.37. The fraction of sp³-hybridized carbons (Fsp3) is 0.526. The van der Waals surface area contributed by atoms with Crippen molar-refractivity contribution in [1.82, 2.24) is 10.2 Å². The van der Waals surface area contributed by atoms with Crippen LogP contribution in [0.5, 0.6) is 5.75 Å². The van der Waals surface area contributed by atoms with E-state index >= 15 is 0 Å². The number of amides is 3. The summed E-state index contributed by atoms with van der Waals surface area (Å²) in [6, 6.07) is 7.64. The molecule has 6 heteroatoms. The van der Waals surface area contributed by atoms with Crippen LogP contribution in [-0.4, -0.2) is 42.8 Å². The maximum absolute atomic E-state index is 12.5. The summed E-state index contributed by atoms with van der Waals surface area (Å²) in [5, 5.41) is 2.79. The van der Waals surface area contributed by atoms with E-state index in [2.05, 4.69) is 5.32 Å². The smallest absolute Gasteiger partial charge is 0.240 e. The number of rotatable bonds is 6. The monoisotopic (exact) mass is 344 g/mol. The van der Waals surface area contributed by atoms with Gasteiger partial charge in [0.2, 0.25) is 17.7 Å². The molecule has 0 atom stereocenters. The fourth-order valence-electron chi connectivity index (χ4n) is 3.80. The minimum atomic E-state index is -0.513. The maximum atomic E-state index is 12.5. The molecule has 134 valence electrons. The van der Waals surface area contributed by atoms with Gasteiger partial charge >= 0.3 is 0 Å². The Morgan fingerprint density at radius 1 is 1.20 bits per heavy atom. The van der Waals surface area contributed by atoms with Crippen molar-refractivity contribution in [2.24, 2.45) is 5.41 Å². The first kappa shape index (κ1) is 17.5. The number of likely N-dealkylation sites (tertiary alicyclic amines) is 1. The van der Waals surface area contributed by atoms with E-state index in [0.29, 0.717) is 13.0 Å². The summed E-state index contributed by atoms with van der Waals surface area (Å²) in [6.07, 6.45) is 4.47. The highest BCUT2D eigenvalue weighted by Crippen LogP contribution is 2.46. The summed E-state index contributed by atoms with van der Waals surface area (Å²) in [4.78, 5) is 37.9. The molecule has 1 aromatic carbocycles. The summed E-state index contributed by atoms with van der Waals surface area (Å²) in [5.41, 5.74) is 0.569. The van der Waals surface area contributed by atoms with Gasteiger partial charge in [-0.1, -0.05) is 25.0 Å². The van der Waals surface area contributed by atoms with Crippen molar-refractivity contribution in [3.8, 4) is 5.75 Å². The third kappa shape index (κ3) is 3.67. The molecule has 1 N–H and O–H groups in total. The van der Waals surface area contributed by atoms with Crippen LogP contribution >= 0.6 is 0 Å². The van der Waals surface area contributed by atoms with Crippen molar-refractivity contribution in [3.63, 3.8) is 0 Å². The van der Waals surface area contributed by atoms with Crippen LogP contribution in [0.25, 0.3) is 0 Å². The van der Waals surface area contributed by atoms with Crippen LogP contribution in [0.2, 0.25) is 0 Å². The number of methoxy groups -OCH3 is 1. The largest absolute Gasteiger partial charge is 0.497 e. The number of carbonyl (C=O) groups is 3. The number of carbonyl (C=O) groups excluding carboxylic acids is 3. The first-order valence-electron chi connectivity index (χ1n) is 8.78. The lowest BCUT2D eigenvalue weighted by Crippen LogP contribution is -2.42. The van der Waals surface area contributed by atoms with E-state index in [1.54, 1.807) is 7.11 Å². The average Bonchev–Trinajstić information content (AvgIpc) is 3.17. The number of benzene rings is 1. The molecule has 0 unspecified atom stereocenters. The van der Waals surface area contributed by atoms with Gasteiger partial charge in [-0.25, -0.2) is 0 Å². The van der Waals surface area contributed by atoms with Gasteiger partial charge in [-0.3, -0.25) is 19.3 Å². The Morgan fingerprint density at radius 2 is 1.88 bits per heavy atom. The molecule has 6 nitrogen and oxygen atoms in total. The highest BCUT2D eigenvalue weighted by atomic mass is 16.5. The molecular weight excluding hydrogens is 320 g/mol. The Balaban J connectivity index is 1.47. The van der Waals surface area contributed by atoms with Gasteiger partial charge in [-0.05, 0) is 37.0 Å². The highest BCUT2D eigenvalue weighted by Gasteiger charge is 2.52. The predicted octanol–water partition coefficient (Wildman–Crippen LogP) is 1.67. The number of nitrogens with zero attached hydrogens (tertiary/aromatic N) is 1. The number of ether oxygens (including phenoxy) is 1. The maximum Gasteiger partial charge on any atom is 0.240 e. The summed E-state index contributed by atoms with van der Waals surface area (Å²) < 4.78 is 5.11. The molecule has 0 radical (unpaired) electrons. The van der Waals surface area contributed by atoms with E-state index in [-0.39, 0.29) is 30.7 Å². The van der Waals surface area contributed by atoms with Gasteiger partial charge in [0.25, 0.3) is 0 Å². The van der Waals surface area contributed by atoms with Gasteiger partial charge in [0.1, 0.15) is 12.3 Å². The fourth-order valence-corrected chi connectivity index (χ4v) is 3.80. The van der Waals surface area contributed by atoms with Gasteiger partial charge in [0, 0.05) is 13.0 Å². The van der Waals surface area contributed by atoms with Gasteiger partial charge < -0.3 is 10.1 Å². The van der Waals surface area contributed by atoms with Crippen LogP contribution in [0.4, 0.5) is 0 Å². The Kier molecular flexibility index (Phi) is 5.06. The molecule has 1 heterocycles. The predicted molar refractivity (Wildman–Crippen MR) is 91.9 cm³/mol. The number of nitrogens with one attached hydrogen (secondary N) is 1. The molecule has 2 fully saturated rings. The van der Waals surface area contributed by atoms with Gasteiger partial charge in [0.05, 0.1) is 12.5 Å². The molecular formula is C19H24N2O4. The molecule has 1 aliphatic heterocycles. The lowest BCUT2D eigenvalue weighted by Gasteiger charge is -2.20. The minimum Gasteiger partial charge on any atom is -0.497 e. The van der Waals surface area contributed by atoms with Crippen LogP contribution in [0.3, 0.4) is 0 Å². The summed E-state index contributed by atoms with van der Waals surface area (Å²) in [7, 11) is 1.62. The minimum absolute atomic E-state index is 0.152. The van der Waals surface area contributed by atoms with Crippen molar-refractivity contribution in [2.45, 2.75) is 38.5 Å². The quantitative estimate of drug-likeness (QED) is 0.797. The zero-order valence-electron chi connectivity index (χ0n) is 14.5. The molecule has 2 aliphatic rings. The zero-order valence-corrected chi connectivity index (χ0v) is 14.5. The SMILES string of the molecule is COc1ccc(CCNC(=O)CN2C(=O)CC3(CCCC3)C2=O)cc1. The first-order valence-corrected chi connectivity index (χ1v) is 8.78. The molecule has 1 aliphatic carbocycles. The van der Waals surface area contributed by atoms with E-state index in [4.69, 9.17) is 4.74 Å². The Labute approximate surface area is 147 Å². The second-order valence-electron chi connectivity index (χ2n) is 6.90. The summed E-state index contributed by atoms with van der Waals surface area (Å²) in [6.45, 7) is 0.300. The van der Waals surface area contributed by atoms with E-state index in [9.17, 15) is 14.4 Å². The molecule has 1 spiro atoms. The summed E-state index contributed by atoms with van der Waals surface area (Å²) in [5.74, 6) is 0.141. The highest BCUT2D eigenvalue weighted by molar-refractivity contribution is 6.08. The molecule has 1 saturated carbocycles. The first-order chi connectivity index (χ1) is 12.0. The molecule has 3 rings (SSSR count). The molecule has 0 bridgehead atoms. The van der Waals surface area contributed by atoms with Crippen molar-refractivity contribution in [3.05, 3.63) is 29.8 Å². The van der Waals surface area contributed by atoms with Gasteiger partial charge in [-0.15, -0.1) is 0 Å². The van der Waals surface area contributed by atoms with Crippen LogP contribution in [0.15, 0.2) is 24.3 Å². The average molecular weight is 344 g/mol. The normalized spacial score (nSPS) is 18.8. The lowest BCUT2D eigenvalue weighted by atomic mass is 9.84. The van der Waals surface area contributed by atoms with Crippen molar-refractivity contribution >= 4 is 17.7 Å². The number of imide groups is 1. The van der Waals surface area contributed by atoms with Crippen molar-refractivity contribution in [2.75, 3.05) is 20.2 Å². The van der Waals surface area contributed by atoms with E-state index in [1.165, 1.54) is 0 Å². The van der Waals surface area contributed by atoms with Gasteiger partial charge in [-0.2, -0.15) is 0 Å². The van der Waals surface area contributed by atoms with Crippen LogP contribution in [-0.2, 0) is 20.8 Å². The second-order valence-corrected chi connectivity index (χ2v) is 6.90. The van der Waals surface area contributed by atoms with E-state index in [1.807, 2.05) is 24.3 Å². The molecule has 1 aromatic rings. The Bertz CT molecular complexity index is 663. The van der Waals surface area contributed by atoms with Crippen LogP contribution < -0.4 is 10.1 Å². The standard InChI is InChI=1S/C19H24N2O4/c1-25-15-6-4-14(5-7-15)8-11-20-16(22)13-21-17(23)12-19(18(21)24)9-2-3-10-19/h4-7H,2-3,8-13H2,1H3,(H,20,22). The third-order valence-corrected chi connectivity index (χ3v) is 5.25. The van der Waals surface area contributed by atoms with Crippen LogP contribution in [0.1, 0.15) is 37.7 Å². The van der Waals surface area contributed by atoms with Gasteiger partial charge in [0.15, 0.2) is 0 Å². The lowest BCUT2D eigenvalue weighted by molar-refractivity contribution is -0.144. The summed E-state index contributed by atoms with van der Waals surface area (Å²) >= 11 is 0.